The summed E-state index contributed by atoms with van der Waals surface area (Å²) in [4.78, 5) is 19.5. The Morgan fingerprint density at radius 3 is 2.58 bits per heavy atom. The van der Waals surface area contributed by atoms with Crippen molar-refractivity contribution in [2.24, 2.45) is 23.7 Å². The van der Waals surface area contributed by atoms with Crippen LogP contribution in [0.5, 0.6) is 0 Å². The van der Waals surface area contributed by atoms with Crippen molar-refractivity contribution in [2.75, 3.05) is 18.0 Å². The van der Waals surface area contributed by atoms with Crippen molar-refractivity contribution >= 4 is 23.3 Å². The molecule has 0 unspecified atom stereocenters. The maximum atomic E-state index is 12.9. The van der Waals surface area contributed by atoms with E-state index in [2.05, 4.69) is 36.0 Å². The molecule has 0 aromatic carbocycles. The molecule has 1 amide bonds. The first kappa shape index (κ1) is 19.5. The highest BCUT2D eigenvalue weighted by Crippen LogP contribution is 2.34. The minimum atomic E-state index is 0.128. The van der Waals surface area contributed by atoms with Gasteiger partial charge < -0.3 is 10.2 Å². The number of carbonyl (C=O) groups excluding carboxylic acids is 1. The third kappa shape index (κ3) is 4.70. The second-order valence-corrected chi connectivity index (χ2v) is 8.97. The summed E-state index contributed by atoms with van der Waals surface area (Å²) in [6, 6.07) is 4.18. The third-order valence-corrected chi connectivity index (χ3v) is 6.47. The monoisotopic (exact) mass is 377 g/mol. The molecule has 2 heterocycles. The van der Waals surface area contributed by atoms with Crippen LogP contribution in [0.3, 0.4) is 0 Å². The fraction of sp³-hybridized carbons (Fsp3) is 0.714. The number of amides is 1. The van der Waals surface area contributed by atoms with Gasteiger partial charge in [0, 0.05) is 31.2 Å². The number of nitrogens with zero attached hydrogens (tertiary/aromatic N) is 2. The molecule has 3 atom stereocenters. The van der Waals surface area contributed by atoms with Crippen LogP contribution in [0.1, 0.15) is 52.9 Å². The molecule has 1 aliphatic carbocycles. The number of anilines is 1. The van der Waals surface area contributed by atoms with E-state index in [4.69, 9.17) is 11.6 Å². The van der Waals surface area contributed by atoms with Crippen molar-refractivity contribution in [3.8, 4) is 0 Å². The van der Waals surface area contributed by atoms with E-state index in [1.807, 2.05) is 12.1 Å². The zero-order valence-corrected chi connectivity index (χ0v) is 17.0. The standard InChI is InChI=1S/C21H32ClN3O/c1-14(2)18-6-4-15(3)12-19(18)24-21(26)16-8-10-25(11-9-16)20-7-5-17(22)13-23-20/h5,7,13-16,18-19H,4,6,8-12H2,1-3H3,(H,24,26)/t15-,18+,19-/m1/s1. The highest BCUT2D eigenvalue weighted by Gasteiger charge is 2.34. The Labute approximate surface area is 162 Å². The van der Waals surface area contributed by atoms with Gasteiger partial charge in [-0.25, -0.2) is 4.98 Å². The molecule has 0 radical (unpaired) electrons. The summed E-state index contributed by atoms with van der Waals surface area (Å²) in [6.07, 6.45) is 7.13. The van der Waals surface area contributed by atoms with Gasteiger partial charge in [0.2, 0.25) is 5.91 Å². The van der Waals surface area contributed by atoms with Crippen LogP contribution in [-0.2, 0) is 4.79 Å². The smallest absolute Gasteiger partial charge is 0.223 e. The van der Waals surface area contributed by atoms with Crippen molar-refractivity contribution in [1.29, 1.82) is 0 Å². The molecule has 0 spiro atoms. The summed E-state index contributed by atoms with van der Waals surface area (Å²) < 4.78 is 0. The van der Waals surface area contributed by atoms with E-state index >= 15 is 0 Å². The lowest BCUT2D eigenvalue weighted by Gasteiger charge is -2.39. The molecule has 5 heteroatoms. The summed E-state index contributed by atoms with van der Waals surface area (Å²) >= 11 is 5.92. The molecule has 2 fully saturated rings. The molecule has 144 valence electrons. The number of carbonyl (C=O) groups is 1. The largest absolute Gasteiger partial charge is 0.357 e. The van der Waals surface area contributed by atoms with Gasteiger partial charge in [0.15, 0.2) is 0 Å². The third-order valence-electron chi connectivity index (χ3n) is 6.25. The Hall–Kier alpha value is -1.29. The fourth-order valence-electron chi connectivity index (χ4n) is 4.59. The number of nitrogens with one attached hydrogen (secondary N) is 1. The van der Waals surface area contributed by atoms with Crippen LogP contribution in [0.2, 0.25) is 5.02 Å². The van der Waals surface area contributed by atoms with Crippen LogP contribution in [0, 0.1) is 23.7 Å². The quantitative estimate of drug-likeness (QED) is 0.838. The van der Waals surface area contributed by atoms with Crippen LogP contribution in [0.25, 0.3) is 0 Å². The van der Waals surface area contributed by atoms with Crippen LogP contribution in [0.4, 0.5) is 5.82 Å². The Balaban J connectivity index is 1.53. The molecule has 2 aliphatic rings. The molecule has 1 aliphatic heterocycles. The van der Waals surface area contributed by atoms with E-state index < -0.39 is 0 Å². The predicted molar refractivity (Wildman–Crippen MR) is 107 cm³/mol. The van der Waals surface area contributed by atoms with Crippen molar-refractivity contribution in [1.82, 2.24) is 10.3 Å². The van der Waals surface area contributed by atoms with Gasteiger partial charge >= 0.3 is 0 Å². The van der Waals surface area contributed by atoms with Gasteiger partial charge in [0.25, 0.3) is 0 Å². The topological polar surface area (TPSA) is 45.2 Å². The molecule has 1 aromatic rings. The van der Waals surface area contributed by atoms with Gasteiger partial charge in [-0.15, -0.1) is 0 Å². The minimum absolute atomic E-state index is 0.128. The lowest BCUT2D eigenvalue weighted by molar-refractivity contribution is -0.127. The van der Waals surface area contributed by atoms with Crippen LogP contribution in [0.15, 0.2) is 18.3 Å². The minimum Gasteiger partial charge on any atom is -0.357 e. The lowest BCUT2D eigenvalue weighted by atomic mass is 9.74. The predicted octanol–water partition coefficient (Wildman–Crippen LogP) is 4.53. The highest BCUT2D eigenvalue weighted by atomic mass is 35.5. The van der Waals surface area contributed by atoms with Crippen molar-refractivity contribution < 1.29 is 4.79 Å². The number of halogens is 1. The van der Waals surface area contributed by atoms with Crippen molar-refractivity contribution in [3.63, 3.8) is 0 Å². The second-order valence-electron chi connectivity index (χ2n) is 8.54. The molecule has 4 nitrogen and oxygen atoms in total. The zero-order chi connectivity index (χ0) is 18.7. The Bertz CT molecular complexity index is 596. The maximum absolute atomic E-state index is 12.9. The van der Waals surface area contributed by atoms with Crippen LogP contribution >= 0.6 is 11.6 Å². The number of pyridine rings is 1. The number of aromatic nitrogens is 1. The number of hydrogen-bond donors (Lipinski definition) is 1. The first-order chi connectivity index (χ1) is 12.4. The molecular formula is C21H32ClN3O. The average molecular weight is 378 g/mol. The van der Waals surface area contributed by atoms with Gasteiger partial charge in [0.1, 0.15) is 5.82 Å². The fourth-order valence-corrected chi connectivity index (χ4v) is 4.71. The molecule has 0 bridgehead atoms. The molecular weight excluding hydrogens is 346 g/mol. The lowest BCUT2D eigenvalue weighted by Crippen LogP contribution is -2.49. The van der Waals surface area contributed by atoms with E-state index in [1.54, 1.807) is 6.20 Å². The van der Waals surface area contributed by atoms with E-state index in [9.17, 15) is 4.79 Å². The summed E-state index contributed by atoms with van der Waals surface area (Å²) in [5.74, 6) is 3.31. The first-order valence-corrected chi connectivity index (χ1v) is 10.5. The first-order valence-electron chi connectivity index (χ1n) is 10.1. The maximum Gasteiger partial charge on any atom is 0.223 e. The van der Waals surface area contributed by atoms with Crippen molar-refractivity contribution in [2.45, 2.75) is 58.9 Å². The van der Waals surface area contributed by atoms with Crippen LogP contribution in [-0.4, -0.2) is 30.0 Å². The van der Waals surface area contributed by atoms with E-state index in [0.717, 1.165) is 38.2 Å². The normalized spacial score (nSPS) is 27.6. The SMILES string of the molecule is CC(C)[C@@H]1CC[C@@H](C)C[C@H]1NC(=O)C1CCN(c2ccc(Cl)cn2)CC1. The molecule has 1 saturated carbocycles. The molecule has 26 heavy (non-hydrogen) atoms. The van der Waals surface area contributed by atoms with E-state index in [-0.39, 0.29) is 11.8 Å². The summed E-state index contributed by atoms with van der Waals surface area (Å²) in [5, 5.41) is 4.08. The average Bonchev–Trinajstić information content (AvgIpc) is 2.62. The summed E-state index contributed by atoms with van der Waals surface area (Å²) in [5.41, 5.74) is 0. The van der Waals surface area contributed by atoms with Crippen LogP contribution < -0.4 is 10.2 Å². The Morgan fingerprint density at radius 1 is 1.23 bits per heavy atom. The Morgan fingerprint density at radius 2 is 1.96 bits per heavy atom. The number of rotatable bonds is 4. The summed E-state index contributed by atoms with van der Waals surface area (Å²) in [6.45, 7) is 8.64. The number of piperidine rings is 1. The molecule has 3 rings (SSSR count). The number of hydrogen-bond acceptors (Lipinski definition) is 3. The van der Waals surface area contributed by atoms with Gasteiger partial charge in [-0.3, -0.25) is 4.79 Å². The second kappa shape index (κ2) is 8.60. The van der Waals surface area contributed by atoms with Gasteiger partial charge in [-0.05, 0) is 55.6 Å². The van der Waals surface area contributed by atoms with E-state index in [0.29, 0.717) is 28.8 Å². The summed E-state index contributed by atoms with van der Waals surface area (Å²) in [7, 11) is 0. The highest BCUT2D eigenvalue weighted by molar-refractivity contribution is 6.30. The van der Waals surface area contributed by atoms with E-state index in [1.165, 1.54) is 12.8 Å². The molecule has 1 saturated heterocycles. The zero-order valence-electron chi connectivity index (χ0n) is 16.2. The van der Waals surface area contributed by atoms with Gasteiger partial charge in [-0.2, -0.15) is 0 Å². The Kier molecular flexibility index (Phi) is 6.44. The molecule has 1 aromatic heterocycles. The van der Waals surface area contributed by atoms with Crippen molar-refractivity contribution in [3.05, 3.63) is 23.4 Å². The van der Waals surface area contributed by atoms with Gasteiger partial charge in [0.05, 0.1) is 5.02 Å². The van der Waals surface area contributed by atoms with Gasteiger partial charge in [-0.1, -0.05) is 38.8 Å². The molecule has 1 N–H and O–H groups in total.